The maximum atomic E-state index is 11.6. The monoisotopic (exact) mass is 197 g/mol. The Morgan fingerprint density at radius 3 is 2.46 bits per heavy atom. The van der Waals surface area contributed by atoms with Crippen molar-refractivity contribution in [3.05, 3.63) is 30.3 Å². The highest BCUT2D eigenvalue weighted by atomic mass is 31.2. The van der Waals surface area contributed by atoms with Crippen molar-refractivity contribution < 1.29 is 9.46 Å². The van der Waals surface area contributed by atoms with E-state index in [1.807, 2.05) is 13.0 Å². The Morgan fingerprint density at radius 1 is 1.31 bits per heavy atom. The van der Waals surface area contributed by atoms with E-state index in [1.54, 1.807) is 24.3 Å². The third-order valence-corrected chi connectivity index (χ3v) is 3.95. The highest BCUT2D eigenvalue weighted by Gasteiger charge is 2.08. The molecule has 0 saturated carbocycles. The fraction of sp³-hybridized carbons (Fsp3) is 0.400. The van der Waals surface area contributed by atoms with E-state index < -0.39 is 7.37 Å². The van der Waals surface area contributed by atoms with Gasteiger partial charge in [-0.3, -0.25) is 0 Å². The Kier molecular flexibility index (Phi) is 3.71. The Labute approximate surface area is 79.1 Å². The van der Waals surface area contributed by atoms with Gasteiger partial charge in [-0.1, -0.05) is 43.7 Å². The third kappa shape index (κ3) is 2.98. The van der Waals surface area contributed by atoms with E-state index in [0.29, 0.717) is 5.30 Å². The molecule has 1 atom stereocenters. The van der Waals surface area contributed by atoms with Crippen LogP contribution >= 0.6 is 7.37 Å². The molecule has 1 aromatic rings. The zero-order valence-corrected chi connectivity index (χ0v) is 8.67. The summed E-state index contributed by atoms with van der Waals surface area (Å²) < 4.78 is 11.6. The summed E-state index contributed by atoms with van der Waals surface area (Å²) in [4.78, 5) is 11.6. The minimum Gasteiger partial charge on any atom is -0.796 e. The molecule has 3 heteroatoms. The van der Waals surface area contributed by atoms with Crippen LogP contribution in [0.2, 0.25) is 0 Å². The van der Waals surface area contributed by atoms with E-state index in [0.717, 1.165) is 12.8 Å². The van der Waals surface area contributed by atoms with E-state index in [2.05, 4.69) is 0 Å². The van der Waals surface area contributed by atoms with Crippen LogP contribution in [0, 0.1) is 0 Å². The summed E-state index contributed by atoms with van der Waals surface area (Å²) in [5, 5.41) is 0.462. The average Bonchev–Trinajstić information content (AvgIpc) is 2.16. The second kappa shape index (κ2) is 4.59. The van der Waals surface area contributed by atoms with Gasteiger partial charge in [0.2, 0.25) is 0 Å². The molecule has 0 heterocycles. The van der Waals surface area contributed by atoms with Gasteiger partial charge in [-0.05, 0) is 17.9 Å². The van der Waals surface area contributed by atoms with Gasteiger partial charge in [-0.15, -0.1) is 0 Å². The molecule has 72 valence electrons. The van der Waals surface area contributed by atoms with Crippen LogP contribution < -0.4 is 10.2 Å². The van der Waals surface area contributed by atoms with Crippen LogP contribution in [-0.2, 0) is 4.57 Å². The summed E-state index contributed by atoms with van der Waals surface area (Å²) in [6.07, 6.45) is 1.95. The van der Waals surface area contributed by atoms with E-state index in [1.165, 1.54) is 0 Å². The molecule has 0 spiro atoms. The van der Waals surface area contributed by atoms with Crippen molar-refractivity contribution in [2.45, 2.75) is 19.8 Å². The van der Waals surface area contributed by atoms with Gasteiger partial charge in [0.05, 0.1) is 0 Å². The van der Waals surface area contributed by atoms with Crippen molar-refractivity contribution in [1.29, 1.82) is 0 Å². The van der Waals surface area contributed by atoms with Crippen molar-refractivity contribution in [3.8, 4) is 0 Å². The number of benzene rings is 1. The Balaban J connectivity index is 2.76. The molecule has 1 rings (SSSR count). The maximum absolute atomic E-state index is 11.6. The molecule has 0 radical (unpaired) electrons. The van der Waals surface area contributed by atoms with Gasteiger partial charge >= 0.3 is 0 Å². The third-order valence-electron chi connectivity index (χ3n) is 1.96. The molecule has 0 aromatic heterocycles. The smallest absolute Gasteiger partial charge is 0.0433 e. The van der Waals surface area contributed by atoms with Crippen LogP contribution in [0.15, 0.2) is 30.3 Å². The minimum absolute atomic E-state index is 0.285. The predicted octanol–water partition coefficient (Wildman–Crippen LogP) is 1.75. The number of rotatable bonds is 4. The van der Waals surface area contributed by atoms with Gasteiger partial charge < -0.3 is 9.46 Å². The molecule has 2 nitrogen and oxygen atoms in total. The largest absolute Gasteiger partial charge is 0.796 e. The molecule has 0 fully saturated rings. The van der Waals surface area contributed by atoms with E-state index in [-0.39, 0.29) is 6.16 Å². The maximum Gasteiger partial charge on any atom is 0.0433 e. The van der Waals surface area contributed by atoms with Crippen LogP contribution in [0.25, 0.3) is 0 Å². The number of hydrogen-bond acceptors (Lipinski definition) is 2. The Morgan fingerprint density at radius 2 is 1.92 bits per heavy atom. The van der Waals surface area contributed by atoms with E-state index in [9.17, 15) is 9.46 Å². The van der Waals surface area contributed by atoms with Gasteiger partial charge in [0.1, 0.15) is 0 Å². The van der Waals surface area contributed by atoms with Crippen molar-refractivity contribution >= 4 is 12.7 Å². The summed E-state index contributed by atoms with van der Waals surface area (Å²) in [6.45, 7) is 1.99. The molecular formula is C10H14O2P-. The van der Waals surface area contributed by atoms with Gasteiger partial charge in [0, 0.05) is 7.37 Å². The first-order valence-electron chi connectivity index (χ1n) is 4.52. The van der Waals surface area contributed by atoms with E-state index >= 15 is 0 Å². The number of unbranched alkanes of at least 4 members (excludes halogenated alkanes) is 1. The summed E-state index contributed by atoms with van der Waals surface area (Å²) >= 11 is 0. The zero-order valence-electron chi connectivity index (χ0n) is 7.77. The van der Waals surface area contributed by atoms with Crippen molar-refractivity contribution in [1.82, 2.24) is 0 Å². The lowest BCUT2D eigenvalue weighted by atomic mass is 10.4. The number of hydrogen-bond donors (Lipinski definition) is 0. The highest BCUT2D eigenvalue weighted by molar-refractivity contribution is 7.64. The van der Waals surface area contributed by atoms with Crippen LogP contribution in [0.5, 0.6) is 0 Å². The lowest BCUT2D eigenvalue weighted by Crippen LogP contribution is -2.17. The highest BCUT2D eigenvalue weighted by Crippen LogP contribution is 2.34. The normalized spacial score (nSPS) is 15.2. The molecule has 0 N–H and O–H groups in total. The summed E-state index contributed by atoms with van der Waals surface area (Å²) in [5.74, 6) is 0. The summed E-state index contributed by atoms with van der Waals surface area (Å²) in [7, 11) is -3.31. The zero-order chi connectivity index (χ0) is 9.73. The molecular weight excluding hydrogens is 183 g/mol. The summed E-state index contributed by atoms with van der Waals surface area (Å²) in [6, 6.07) is 8.65. The molecule has 0 aliphatic rings. The predicted molar refractivity (Wildman–Crippen MR) is 53.5 cm³/mol. The first-order valence-corrected chi connectivity index (χ1v) is 6.33. The van der Waals surface area contributed by atoms with E-state index in [4.69, 9.17) is 0 Å². The Hall–Kier alpha value is -0.590. The fourth-order valence-corrected chi connectivity index (χ4v) is 2.77. The molecule has 0 bridgehead atoms. The first-order chi connectivity index (χ1) is 6.17. The molecule has 1 unspecified atom stereocenters. The van der Waals surface area contributed by atoms with Crippen LogP contribution in [0.4, 0.5) is 0 Å². The van der Waals surface area contributed by atoms with Gasteiger partial charge in [0.15, 0.2) is 0 Å². The summed E-state index contributed by atoms with van der Waals surface area (Å²) in [5.41, 5.74) is 0. The van der Waals surface area contributed by atoms with Crippen LogP contribution in [0.1, 0.15) is 19.8 Å². The SMILES string of the molecule is CCCCP(=O)([O-])c1ccccc1. The minimum atomic E-state index is -3.31. The van der Waals surface area contributed by atoms with Crippen molar-refractivity contribution in [2.24, 2.45) is 0 Å². The van der Waals surface area contributed by atoms with Crippen LogP contribution in [0.3, 0.4) is 0 Å². The fourth-order valence-electron chi connectivity index (χ4n) is 1.15. The molecule has 0 amide bonds. The van der Waals surface area contributed by atoms with Crippen molar-refractivity contribution in [3.63, 3.8) is 0 Å². The molecule has 1 aromatic carbocycles. The van der Waals surface area contributed by atoms with Gasteiger partial charge in [-0.2, -0.15) is 0 Å². The second-order valence-corrected chi connectivity index (χ2v) is 5.40. The molecule has 0 aliphatic heterocycles. The first kappa shape index (κ1) is 10.5. The molecule has 0 saturated heterocycles. The molecule has 0 aliphatic carbocycles. The lowest BCUT2D eigenvalue weighted by molar-refractivity contribution is -0.171. The average molecular weight is 197 g/mol. The standard InChI is InChI=1S/C10H15O2P/c1-2-3-9-13(11,12)10-7-5-4-6-8-10/h4-8H,2-3,9H2,1H3,(H,11,12)/p-1. The Bertz CT molecular complexity index is 295. The van der Waals surface area contributed by atoms with Gasteiger partial charge in [-0.25, -0.2) is 0 Å². The van der Waals surface area contributed by atoms with Crippen LogP contribution in [-0.4, -0.2) is 6.16 Å². The quantitative estimate of drug-likeness (QED) is 0.690. The lowest BCUT2D eigenvalue weighted by Gasteiger charge is -2.23. The molecule has 13 heavy (non-hydrogen) atoms. The second-order valence-electron chi connectivity index (χ2n) is 3.09. The topological polar surface area (TPSA) is 40.1 Å². The van der Waals surface area contributed by atoms with Crippen molar-refractivity contribution in [2.75, 3.05) is 6.16 Å². The van der Waals surface area contributed by atoms with Gasteiger partial charge in [0.25, 0.3) is 0 Å².